The lowest BCUT2D eigenvalue weighted by atomic mass is 9.75. The number of nitrogens with two attached hydrogens (primary N) is 1. The second kappa shape index (κ2) is 5.84. The summed E-state index contributed by atoms with van der Waals surface area (Å²) in [4.78, 5) is 14.0. The number of aryl methyl sites for hydroxylation is 1. The van der Waals surface area contributed by atoms with Gasteiger partial charge in [0.15, 0.2) is 0 Å². The Bertz CT molecular complexity index is 626. The summed E-state index contributed by atoms with van der Waals surface area (Å²) in [5, 5.41) is 20.8. The molecule has 5 nitrogen and oxygen atoms in total. The standard InChI is InChI=1S/C17H26N2O3S/c1-16(2)7-5-12-10(8-16)13(15(20)21)14(23-12)11-4-3-6-17(11,22)9-19-18/h11,19,22H,3-9,18H2,1-2H3,(H,20,21)/t11-,17-/m1/s1. The molecule has 3 rings (SSSR count). The Morgan fingerprint density at radius 2 is 2.17 bits per heavy atom. The fraction of sp³-hybridized carbons (Fsp3) is 0.706. The monoisotopic (exact) mass is 338 g/mol. The van der Waals surface area contributed by atoms with Crippen LogP contribution in [-0.4, -0.2) is 28.3 Å². The largest absolute Gasteiger partial charge is 0.478 e. The van der Waals surface area contributed by atoms with Crippen molar-refractivity contribution in [3.8, 4) is 0 Å². The van der Waals surface area contributed by atoms with Gasteiger partial charge in [0, 0.05) is 22.2 Å². The molecule has 2 atom stereocenters. The first-order valence-electron chi connectivity index (χ1n) is 8.31. The second-order valence-electron chi connectivity index (χ2n) is 7.82. The maximum Gasteiger partial charge on any atom is 0.337 e. The number of nitrogens with one attached hydrogen (secondary N) is 1. The number of thiophene rings is 1. The number of rotatable bonds is 4. The number of fused-ring (bicyclic) bond motifs is 1. The van der Waals surface area contributed by atoms with E-state index in [9.17, 15) is 15.0 Å². The second-order valence-corrected chi connectivity index (χ2v) is 8.96. The minimum atomic E-state index is -0.943. The molecule has 0 radical (unpaired) electrons. The Morgan fingerprint density at radius 3 is 2.83 bits per heavy atom. The summed E-state index contributed by atoms with van der Waals surface area (Å²) >= 11 is 1.61. The molecule has 1 saturated carbocycles. The van der Waals surface area contributed by atoms with Crippen LogP contribution in [0.15, 0.2) is 0 Å². The van der Waals surface area contributed by atoms with Crippen LogP contribution < -0.4 is 11.3 Å². The quantitative estimate of drug-likeness (QED) is 0.499. The fourth-order valence-corrected chi connectivity index (χ4v) is 5.80. The van der Waals surface area contributed by atoms with Crippen molar-refractivity contribution in [3.05, 3.63) is 20.9 Å². The summed E-state index contributed by atoms with van der Waals surface area (Å²) in [7, 11) is 0. The number of aliphatic hydroxyl groups is 1. The van der Waals surface area contributed by atoms with Crippen LogP contribution in [0.2, 0.25) is 0 Å². The van der Waals surface area contributed by atoms with E-state index in [1.165, 1.54) is 4.88 Å². The van der Waals surface area contributed by atoms with Crippen LogP contribution in [0.4, 0.5) is 0 Å². The lowest BCUT2D eigenvalue weighted by Crippen LogP contribution is -2.45. The van der Waals surface area contributed by atoms with Gasteiger partial charge in [0.2, 0.25) is 0 Å². The summed E-state index contributed by atoms with van der Waals surface area (Å²) in [6, 6.07) is 0. The molecule has 6 heteroatoms. The zero-order valence-electron chi connectivity index (χ0n) is 13.8. The molecule has 2 aliphatic rings. The van der Waals surface area contributed by atoms with Crippen LogP contribution in [0.1, 0.15) is 71.1 Å². The topological polar surface area (TPSA) is 95.6 Å². The third-order valence-corrected chi connectivity index (χ3v) is 6.90. The third-order valence-electron chi connectivity index (χ3n) is 5.49. The molecule has 1 heterocycles. The van der Waals surface area contributed by atoms with Gasteiger partial charge in [-0.3, -0.25) is 11.3 Å². The van der Waals surface area contributed by atoms with E-state index >= 15 is 0 Å². The van der Waals surface area contributed by atoms with Gasteiger partial charge in [0.25, 0.3) is 0 Å². The number of aromatic carboxylic acids is 1. The van der Waals surface area contributed by atoms with Crippen LogP contribution in [-0.2, 0) is 12.8 Å². The van der Waals surface area contributed by atoms with Gasteiger partial charge < -0.3 is 10.2 Å². The Labute approximate surface area is 140 Å². The predicted octanol–water partition coefficient (Wildman–Crippen LogP) is 2.42. The zero-order valence-corrected chi connectivity index (χ0v) is 14.6. The van der Waals surface area contributed by atoms with E-state index in [0.717, 1.165) is 42.5 Å². The first-order valence-corrected chi connectivity index (χ1v) is 9.13. The maximum absolute atomic E-state index is 12.0. The molecule has 0 bridgehead atoms. The van der Waals surface area contributed by atoms with E-state index < -0.39 is 11.6 Å². The average molecular weight is 338 g/mol. The minimum Gasteiger partial charge on any atom is -0.478 e. The Morgan fingerprint density at radius 1 is 1.43 bits per heavy atom. The molecule has 1 fully saturated rings. The Hall–Kier alpha value is -0.950. The third kappa shape index (κ3) is 2.93. The van der Waals surface area contributed by atoms with Crippen molar-refractivity contribution in [2.24, 2.45) is 11.3 Å². The SMILES string of the molecule is CC1(C)CCc2sc([C@H]3CCC[C@@]3(O)CNN)c(C(=O)O)c2C1. The molecule has 1 aromatic rings. The number of hydrazine groups is 1. The molecule has 5 N–H and O–H groups in total. The van der Waals surface area contributed by atoms with Crippen molar-refractivity contribution in [3.63, 3.8) is 0 Å². The molecule has 0 aromatic carbocycles. The molecule has 0 unspecified atom stereocenters. The molecular formula is C17H26N2O3S. The van der Waals surface area contributed by atoms with E-state index in [1.807, 2.05) is 0 Å². The van der Waals surface area contributed by atoms with Gasteiger partial charge in [-0.05, 0) is 49.5 Å². The number of carboxylic acid groups (broad SMARTS) is 1. The van der Waals surface area contributed by atoms with Gasteiger partial charge in [0.1, 0.15) is 0 Å². The first-order chi connectivity index (χ1) is 10.8. The fourth-order valence-electron chi connectivity index (χ4n) is 4.24. The lowest BCUT2D eigenvalue weighted by Gasteiger charge is -2.30. The van der Waals surface area contributed by atoms with E-state index in [4.69, 9.17) is 5.84 Å². The molecule has 1 aromatic heterocycles. The molecule has 0 saturated heterocycles. The Balaban J connectivity index is 2.07. The predicted molar refractivity (Wildman–Crippen MR) is 90.8 cm³/mol. The summed E-state index contributed by atoms with van der Waals surface area (Å²) in [6.45, 7) is 4.69. The molecule has 23 heavy (non-hydrogen) atoms. The summed E-state index contributed by atoms with van der Waals surface area (Å²) in [6.07, 6.45) is 5.21. The summed E-state index contributed by atoms with van der Waals surface area (Å²) in [5.74, 6) is 4.45. The highest BCUT2D eigenvalue weighted by Gasteiger charge is 2.45. The van der Waals surface area contributed by atoms with E-state index in [1.54, 1.807) is 11.3 Å². The van der Waals surface area contributed by atoms with Crippen molar-refractivity contribution in [2.75, 3.05) is 6.54 Å². The molecule has 0 amide bonds. The number of hydrogen-bond acceptors (Lipinski definition) is 5. The van der Waals surface area contributed by atoms with Gasteiger partial charge in [-0.15, -0.1) is 11.3 Å². The average Bonchev–Trinajstić information content (AvgIpc) is 2.98. The van der Waals surface area contributed by atoms with Crippen molar-refractivity contribution in [1.82, 2.24) is 5.43 Å². The van der Waals surface area contributed by atoms with Crippen LogP contribution in [0.25, 0.3) is 0 Å². The van der Waals surface area contributed by atoms with Gasteiger partial charge in [-0.1, -0.05) is 13.8 Å². The highest BCUT2D eigenvalue weighted by atomic mass is 32.1. The molecule has 2 aliphatic carbocycles. The zero-order chi connectivity index (χ0) is 16.8. The molecule has 128 valence electrons. The van der Waals surface area contributed by atoms with Crippen LogP contribution in [0, 0.1) is 5.41 Å². The van der Waals surface area contributed by atoms with Gasteiger partial charge in [-0.25, -0.2) is 4.79 Å². The first kappa shape index (κ1) is 16.9. The molecule has 0 aliphatic heterocycles. The van der Waals surface area contributed by atoms with Gasteiger partial charge in [0.05, 0.1) is 11.2 Å². The van der Waals surface area contributed by atoms with Crippen LogP contribution in [0.5, 0.6) is 0 Å². The summed E-state index contributed by atoms with van der Waals surface area (Å²) < 4.78 is 0. The van der Waals surface area contributed by atoms with Crippen molar-refractivity contribution in [1.29, 1.82) is 0 Å². The van der Waals surface area contributed by atoms with Crippen molar-refractivity contribution < 1.29 is 15.0 Å². The van der Waals surface area contributed by atoms with Crippen LogP contribution >= 0.6 is 11.3 Å². The van der Waals surface area contributed by atoms with Crippen molar-refractivity contribution >= 4 is 17.3 Å². The molecule has 0 spiro atoms. The normalized spacial score (nSPS) is 29.5. The highest BCUT2D eigenvalue weighted by Crippen LogP contribution is 2.50. The van der Waals surface area contributed by atoms with E-state index in [0.29, 0.717) is 18.5 Å². The minimum absolute atomic E-state index is 0.136. The van der Waals surface area contributed by atoms with Gasteiger partial charge in [-0.2, -0.15) is 0 Å². The van der Waals surface area contributed by atoms with E-state index in [2.05, 4.69) is 19.3 Å². The smallest absolute Gasteiger partial charge is 0.337 e. The molecular weight excluding hydrogens is 312 g/mol. The summed E-state index contributed by atoms with van der Waals surface area (Å²) in [5.41, 5.74) is 3.24. The number of carboxylic acids is 1. The number of carbonyl (C=O) groups is 1. The van der Waals surface area contributed by atoms with Crippen molar-refractivity contribution in [2.45, 2.75) is 63.9 Å². The maximum atomic E-state index is 12.0. The lowest BCUT2D eigenvalue weighted by molar-refractivity contribution is 0.0309. The Kier molecular flexibility index (Phi) is 4.29. The highest BCUT2D eigenvalue weighted by molar-refractivity contribution is 7.12. The van der Waals surface area contributed by atoms with Gasteiger partial charge >= 0.3 is 5.97 Å². The van der Waals surface area contributed by atoms with Crippen LogP contribution in [0.3, 0.4) is 0 Å². The number of hydrogen-bond donors (Lipinski definition) is 4. The van der Waals surface area contributed by atoms with E-state index in [-0.39, 0.29) is 11.3 Å².